The van der Waals surface area contributed by atoms with Gasteiger partial charge in [-0.1, -0.05) is 6.07 Å². The smallest absolute Gasteiger partial charge is 0.287 e. The van der Waals surface area contributed by atoms with Gasteiger partial charge in [-0.25, -0.2) is 0 Å². The van der Waals surface area contributed by atoms with Gasteiger partial charge in [0.15, 0.2) is 5.76 Å². The van der Waals surface area contributed by atoms with Gasteiger partial charge in [-0.05, 0) is 49.2 Å². The van der Waals surface area contributed by atoms with E-state index in [1.54, 1.807) is 17.0 Å². The molecule has 1 fully saturated rings. The van der Waals surface area contributed by atoms with Crippen LogP contribution in [0, 0.1) is 25.2 Å². The van der Waals surface area contributed by atoms with Crippen molar-refractivity contribution in [2.24, 2.45) is 0 Å². The van der Waals surface area contributed by atoms with Crippen LogP contribution in [0.4, 0.5) is 5.69 Å². The first-order valence-electron chi connectivity index (χ1n) is 11.0. The lowest BCUT2D eigenvalue weighted by Gasteiger charge is -2.35. The number of nitriles is 1. The molecular weight excluding hydrogens is 406 g/mol. The van der Waals surface area contributed by atoms with Gasteiger partial charge in [0.25, 0.3) is 5.91 Å². The zero-order valence-corrected chi connectivity index (χ0v) is 18.8. The normalized spacial score (nSPS) is 14.7. The van der Waals surface area contributed by atoms with Gasteiger partial charge in [0, 0.05) is 51.5 Å². The zero-order chi connectivity index (χ0) is 22.9. The van der Waals surface area contributed by atoms with E-state index in [2.05, 4.69) is 21.2 Å². The van der Waals surface area contributed by atoms with Crippen LogP contribution in [-0.4, -0.2) is 74.0 Å². The number of rotatable bonds is 9. The molecule has 8 nitrogen and oxygen atoms in total. The molecule has 1 aromatic carbocycles. The van der Waals surface area contributed by atoms with Crippen LogP contribution in [0.3, 0.4) is 0 Å². The lowest BCUT2D eigenvalue weighted by molar-refractivity contribution is -0.120. The predicted octanol–water partition coefficient (Wildman–Crippen LogP) is 2.19. The van der Waals surface area contributed by atoms with E-state index in [1.807, 2.05) is 32.0 Å². The van der Waals surface area contributed by atoms with Crippen LogP contribution >= 0.6 is 0 Å². The molecule has 1 aliphatic rings. The molecule has 170 valence electrons. The molecule has 1 saturated heterocycles. The Balaban J connectivity index is 1.46. The number of hydrogen-bond donors (Lipinski definition) is 1. The van der Waals surface area contributed by atoms with Crippen molar-refractivity contribution >= 4 is 17.5 Å². The van der Waals surface area contributed by atoms with Gasteiger partial charge in [-0.3, -0.25) is 19.4 Å². The van der Waals surface area contributed by atoms with E-state index in [1.165, 1.54) is 11.8 Å². The Kier molecular flexibility index (Phi) is 8.42. The Morgan fingerprint density at radius 2 is 1.88 bits per heavy atom. The Hall–Kier alpha value is -3.15. The van der Waals surface area contributed by atoms with Gasteiger partial charge in [-0.15, -0.1) is 0 Å². The summed E-state index contributed by atoms with van der Waals surface area (Å²) in [5.41, 5.74) is 3.15. The number of nitrogens with one attached hydrogen (secondary N) is 1. The van der Waals surface area contributed by atoms with Crippen molar-refractivity contribution in [3.8, 4) is 6.07 Å². The third-order valence-corrected chi connectivity index (χ3v) is 5.83. The standard InChI is InChI=1S/C24H31N5O3/c1-19-6-7-21(17-20(19)2)29(10-4-8-25)23(30)18-28-14-12-27(13-15-28)11-9-26-24(31)22-5-3-16-32-22/h3,5-7,16-17H,4,9-15,18H2,1-2H3,(H,26,31). The average molecular weight is 438 g/mol. The summed E-state index contributed by atoms with van der Waals surface area (Å²) >= 11 is 0. The molecule has 32 heavy (non-hydrogen) atoms. The molecule has 3 rings (SSSR count). The van der Waals surface area contributed by atoms with Gasteiger partial charge in [0.1, 0.15) is 0 Å². The van der Waals surface area contributed by atoms with E-state index < -0.39 is 0 Å². The molecule has 0 aliphatic carbocycles. The van der Waals surface area contributed by atoms with E-state index in [0.717, 1.165) is 44.0 Å². The van der Waals surface area contributed by atoms with Crippen molar-refractivity contribution < 1.29 is 14.0 Å². The summed E-state index contributed by atoms with van der Waals surface area (Å²) in [4.78, 5) is 31.1. The van der Waals surface area contributed by atoms with Crippen LogP contribution in [-0.2, 0) is 4.79 Å². The van der Waals surface area contributed by atoms with Gasteiger partial charge >= 0.3 is 0 Å². The third kappa shape index (κ3) is 6.42. The number of hydrogen-bond acceptors (Lipinski definition) is 6. The predicted molar refractivity (Wildman–Crippen MR) is 122 cm³/mol. The topological polar surface area (TPSA) is 92.8 Å². The molecule has 0 radical (unpaired) electrons. The largest absolute Gasteiger partial charge is 0.459 e. The first-order valence-corrected chi connectivity index (χ1v) is 11.0. The molecular formula is C24H31N5O3. The maximum absolute atomic E-state index is 13.1. The van der Waals surface area contributed by atoms with Gasteiger partial charge in [-0.2, -0.15) is 5.26 Å². The molecule has 1 aromatic heterocycles. The SMILES string of the molecule is Cc1ccc(N(CCC#N)C(=O)CN2CCN(CCNC(=O)c3ccco3)CC2)cc1C. The van der Waals surface area contributed by atoms with Crippen LogP contribution in [0.5, 0.6) is 0 Å². The van der Waals surface area contributed by atoms with Crippen LogP contribution in [0.2, 0.25) is 0 Å². The van der Waals surface area contributed by atoms with Crippen molar-refractivity contribution in [2.75, 3.05) is 57.3 Å². The van der Waals surface area contributed by atoms with E-state index in [4.69, 9.17) is 9.68 Å². The monoisotopic (exact) mass is 437 g/mol. The van der Waals surface area contributed by atoms with Crippen molar-refractivity contribution in [3.05, 3.63) is 53.5 Å². The number of carbonyl (C=O) groups excluding carboxylic acids is 2. The summed E-state index contributed by atoms with van der Waals surface area (Å²) in [6.45, 7) is 9.36. The van der Waals surface area contributed by atoms with Crippen molar-refractivity contribution in [3.63, 3.8) is 0 Å². The number of furan rings is 1. The van der Waals surface area contributed by atoms with Crippen molar-refractivity contribution in [1.29, 1.82) is 5.26 Å². The summed E-state index contributed by atoms with van der Waals surface area (Å²) in [5, 5.41) is 11.9. The van der Waals surface area contributed by atoms with Crippen molar-refractivity contribution in [1.82, 2.24) is 15.1 Å². The highest BCUT2D eigenvalue weighted by Crippen LogP contribution is 2.20. The number of benzene rings is 1. The fourth-order valence-electron chi connectivity index (χ4n) is 3.72. The quantitative estimate of drug-likeness (QED) is 0.647. The molecule has 0 saturated carbocycles. The summed E-state index contributed by atoms with van der Waals surface area (Å²) in [5.74, 6) is 0.128. The van der Waals surface area contributed by atoms with Crippen LogP contribution < -0.4 is 10.2 Å². The Labute approximate surface area is 189 Å². The van der Waals surface area contributed by atoms with Gasteiger partial charge in [0.2, 0.25) is 5.91 Å². The number of nitrogens with zero attached hydrogens (tertiary/aromatic N) is 4. The maximum Gasteiger partial charge on any atom is 0.287 e. The second kappa shape index (κ2) is 11.5. The fourth-order valence-corrected chi connectivity index (χ4v) is 3.72. The van der Waals surface area contributed by atoms with E-state index >= 15 is 0 Å². The Morgan fingerprint density at radius 3 is 2.53 bits per heavy atom. The number of aryl methyl sites for hydroxylation is 2. The van der Waals surface area contributed by atoms with E-state index in [-0.39, 0.29) is 11.8 Å². The molecule has 1 N–H and O–H groups in total. The lowest BCUT2D eigenvalue weighted by Crippen LogP contribution is -2.51. The average Bonchev–Trinajstić information content (AvgIpc) is 3.33. The van der Waals surface area contributed by atoms with E-state index in [9.17, 15) is 9.59 Å². The number of piperazine rings is 1. The minimum Gasteiger partial charge on any atom is -0.459 e. The number of anilines is 1. The highest BCUT2D eigenvalue weighted by molar-refractivity contribution is 5.95. The molecule has 2 heterocycles. The van der Waals surface area contributed by atoms with Crippen LogP contribution in [0.15, 0.2) is 41.0 Å². The first-order chi connectivity index (χ1) is 15.5. The highest BCUT2D eigenvalue weighted by Gasteiger charge is 2.23. The fraction of sp³-hybridized carbons (Fsp3) is 0.458. The summed E-state index contributed by atoms with van der Waals surface area (Å²) in [7, 11) is 0. The molecule has 8 heteroatoms. The Morgan fingerprint density at radius 1 is 1.12 bits per heavy atom. The molecule has 0 bridgehead atoms. The van der Waals surface area contributed by atoms with Gasteiger partial charge in [0.05, 0.1) is 25.3 Å². The van der Waals surface area contributed by atoms with Crippen LogP contribution in [0.25, 0.3) is 0 Å². The number of amides is 2. The molecule has 2 amide bonds. The second-order valence-corrected chi connectivity index (χ2v) is 8.07. The summed E-state index contributed by atoms with van der Waals surface area (Å²) in [6.07, 6.45) is 1.78. The summed E-state index contributed by atoms with van der Waals surface area (Å²) in [6, 6.07) is 11.5. The minimum atomic E-state index is -0.206. The van der Waals surface area contributed by atoms with Crippen LogP contribution in [0.1, 0.15) is 28.1 Å². The molecule has 0 unspecified atom stereocenters. The maximum atomic E-state index is 13.1. The number of carbonyl (C=O) groups is 2. The second-order valence-electron chi connectivity index (χ2n) is 8.07. The zero-order valence-electron chi connectivity index (χ0n) is 18.8. The lowest BCUT2D eigenvalue weighted by atomic mass is 10.1. The van der Waals surface area contributed by atoms with Crippen molar-refractivity contribution in [2.45, 2.75) is 20.3 Å². The van der Waals surface area contributed by atoms with Gasteiger partial charge < -0.3 is 14.6 Å². The molecule has 0 atom stereocenters. The molecule has 2 aromatic rings. The molecule has 1 aliphatic heterocycles. The first kappa shape index (κ1) is 23.5. The Bertz CT molecular complexity index is 943. The van der Waals surface area contributed by atoms with E-state index in [0.29, 0.717) is 31.8 Å². The highest BCUT2D eigenvalue weighted by atomic mass is 16.3. The minimum absolute atomic E-state index is 0.0164. The summed E-state index contributed by atoms with van der Waals surface area (Å²) < 4.78 is 5.09. The third-order valence-electron chi connectivity index (χ3n) is 5.83. The molecule has 0 spiro atoms.